The number of rotatable bonds is 3. The molecule has 4 rings (SSSR count). The summed E-state index contributed by atoms with van der Waals surface area (Å²) in [5, 5.41) is 6.18. The number of ether oxygens (including phenoxy) is 2. The molecule has 0 bridgehead atoms. The summed E-state index contributed by atoms with van der Waals surface area (Å²) in [7, 11) is 0. The quantitative estimate of drug-likeness (QED) is 0.816. The number of hydrogen-bond acceptors (Lipinski definition) is 4. The molecule has 2 heterocycles. The maximum Gasteiger partial charge on any atom is 0.315 e. The summed E-state index contributed by atoms with van der Waals surface area (Å²) < 4.78 is 11.8. The van der Waals surface area contributed by atoms with E-state index in [-0.39, 0.29) is 24.1 Å². The van der Waals surface area contributed by atoms with Crippen LogP contribution in [0.15, 0.2) is 24.3 Å². The SMILES string of the molecule is C[C@@H]1Oc2ccccc2O[C@@H]1C(=O)N1CCC(NC(=O)NC2CCCCC2)CC1. The summed E-state index contributed by atoms with van der Waals surface area (Å²) in [4.78, 5) is 27.1. The lowest BCUT2D eigenvalue weighted by atomic mass is 9.96. The lowest BCUT2D eigenvalue weighted by molar-refractivity contribution is -0.145. The number of para-hydroxylation sites is 2. The molecule has 2 aliphatic heterocycles. The summed E-state index contributed by atoms with van der Waals surface area (Å²) in [6.45, 7) is 3.09. The third-order valence-electron chi connectivity index (χ3n) is 6.17. The summed E-state index contributed by atoms with van der Waals surface area (Å²) in [5.74, 6) is 1.24. The molecule has 3 amide bonds. The van der Waals surface area contributed by atoms with Crippen molar-refractivity contribution in [1.82, 2.24) is 15.5 Å². The average molecular weight is 402 g/mol. The second-order valence-electron chi connectivity index (χ2n) is 8.36. The van der Waals surface area contributed by atoms with E-state index in [0.717, 1.165) is 25.7 Å². The van der Waals surface area contributed by atoms with Crippen molar-refractivity contribution in [2.75, 3.05) is 13.1 Å². The van der Waals surface area contributed by atoms with Gasteiger partial charge in [0.25, 0.3) is 5.91 Å². The Hall–Kier alpha value is -2.44. The number of nitrogens with zero attached hydrogens (tertiary/aromatic N) is 1. The van der Waals surface area contributed by atoms with Crippen LogP contribution in [0.5, 0.6) is 11.5 Å². The van der Waals surface area contributed by atoms with Crippen molar-refractivity contribution in [3.63, 3.8) is 0 Å². The number of likely N-dealkylation sites (tertiary alicyclic amines) is 1. The molecule has 29 heavy (non-hydrogen) atoms. The number of urea groups is 1. The zero-order valence-corrected chi connectivity index (χ0v) is 17.1. The highest BCUT2D eigenvalue weighted by Crippen LogP contribution is 2.34. The van der Waals surface area contributed by atoms with Gasteiger partial charge in [0.15, 0.2) is 11.5 Å². The molecule has 1 aromatic rings. The monoisotopic (exact) mass is 401 g/mol. The Morgan fingerprint density at radius 2 is 1.48 bits per heavy atom. The third-order valence-corrected chi connectivity index (χ3v) is 6.17. The number of piperidine rings is 1. The Morgan fingerprint density at radius 3 is 2.14 bits per heavy atom. The van der Waals surface area contributed by atoms with E-state index in [2.05, 4.69) is 10.6 Å². The van der Waals surface area contributed by atoms with Crippen molar-refractivity contribution in [2.24, 2.45) is 0 Å². The summed E-state index contributed by atoms with van der Waals surface area (Å²) in [6.07, 6.45) is 6.34. The highest BCUT2D eigenvalue weighted by Gasteiger charge is 2.38. The van der Waals surface area contributed by atoms with Crippen LogP contribution in [-0.4, -0.2) is 54.2 Å². The minimum Gasteiger partial charge on any atom is -0.482 e. The molecule has 0 aromatic heterocycles. The van der Waals surface area contributed by atoms with Crippen molar-refractivity contribution >= 4 is 11.9 Å². The summed E-state index contributed by atoms with van der Waals surface area (Å²) in [6, 6.07) is 7.76. The number of carbonyl (C=O) groups excluding carboxylic acids is 2. The molecule has 0 radical (unpaired) electrons. The van der Waals surface area contributed by atoms with Crippen LogP contribution in [0.2, 0.25) is 0 Å². The van der Waals surface area contributed by atoms with Crippen molar-refractivity contribution in [3.8, 4) is 11.5 Å². The van der Waals surface area contributed by atoms with E-state index in [4.69, 9.17) is 9.47 Å². The molecule has 1 aliphatic carbocycles. The zero-order chi connectivity index (χ0) is 20.2. The van der Waals surface area contributed by atoms with E-state index in [1.165, 1.54) is 19.3 Å². The average Bonchev–Trinajstić information content (AvgIpc) is 2.74. The van der Waals surface area contributed by atoms with Gasteiger partial charge in [-0.1, -0.05) is 31.4 Å². The number of hydrogen-bond donors (Lipinski definition) is 2. The minimum atomic E-state index is -0.635. The van der Waals surface area contributed by atoms with Gasteiger partial charge in [-0.05, 0) is 44.7 Å². The van der Waals surface area contributed by atoms with Crippen molar-refractivity contribution < 1.29 is 19.1 Å². The van der Waals surface area contributed by atoms with Crippen LogP contribution in [0.4, 0.5) is 4.79 Å². The van der Waals surface area contributed by atoms with E-state index in [9.17, 15) is 9.59 Å². The Labute approximate surface area is 172 Å². The van der Waals surface area contributed by atoms with E-state index in [0.29, 0.717) is 30.6 Å². The maximum absolute atomic E-state index is 13.0. The van der Waals surface area contributed by atoms with Gasteiger partial charge < -0.3 is 25.0 Å². The van der Waals surface area contributed by atoms with Crippen LogP contribution in [0, 0.1) is 0 Å². The molecule has 7 heteroatoms. The van der Waals surface area contributed by atoms with E-state index >= 15 is 0 Å². The van der Waals surface area contributed by atoms with E-state index in [1.54, 1.807) is 0 Å². The molecular formula is C22H31N3O4. The van der Waals surface area contributed by atoms with Gasteiger partial charge in [0.1, 0.15) is 6.10 Å². The predicted molar refractivity (Wildman–Crippen MR) is 109 cm³/mol. The van der Waals surface area contributed by atoms with E-state index < -0.39 is 6.10 Å². The first kappa shape index (κ1) is 19.9. The fourth-order valence-corrected chi connectivity index (χ4v) is 4.47. The molecule has 3 aliphatic rings. The largest absolute Gasteiger partial charge is 0.482 e. The van der Waals surface area contributed by atoms with Crippen molar-refractivity contribution in [2.45, 2.75) is 76.2 Å². The van der Waals surface area contributed by atoms with Crippen molar-refractivity contribution in [3.05, 3.63) is 24.3 Å². The predicted octanol–water partition coefficient (Wildman–Crippen LogP) is 2.84. The Balaban J connectivity index is 1.25. The van der Waals surface area contributed by atoms with Crippen LogP contribution in [0.3, 0.4) is 0 Å². The van der Waals surface area contributed by atoms with Gasteiger partial charge >= 0.3 is 6.03 Å². The second kappa shape index (κ2) is 8.93. The normalized spacial score (nSPS) is 25.3. The van der Waals surface area contributed by atoms with Gasteiger partial charge in [-0.25, -0.2) is 4.79 Å². The van der Waals surface area contributed by atoms with Crippen LogP contribution in [-0.2, 0) is 4.79 Å². The first-order valence-electron chi connectivity index (χ1n) is 10.9. The fourth-order valence-electron chi connectivity index (χ4n) is 4.47. The first-order valence-corrected chi connectivity index (χ1v) is 10.9. The Morgan fingerprint density at radius 1 is 0.897 bits per heavy atom. The lowest BCUT2D eigenvalue weighted by Crippen LogP contribution is -2.55. The molecule has 2 atom stereocenters. The highest BCUT2D eigenvalue weighted by molar-refractivity contribution is 5.82. The summed E-state index contributed by atoms with van der Waals surface area (Å²) in [5.41, 5.74) is 0. The first-order chi connectivity index (χ1) is 14.1. The minimum absolute atomic E-state index is 0.0443. The van der Waals surface area contributed by atoms with Crippen LogP contribution in [0.25, 0.3) is 0 Å². The molecule has 1 aromatic carbocycles. The molecule has 1 saturated heterocycles. The van der Waals surface area contributed by atoms with Gasteiger partial charge in [0, 0.05) is 25.2 Å². The number of fused-ring (bicyclic) bond motifs is 1. The van der Waals surface area contributed by atoms with Gasteiger partial charge in [-0.15, -0.1) is 0 Å². The topological polar surface area (TPSA) is 79.9 Å². The molecule has 2 N–H and O–H groups in total. The van der Waals surface area contributed by atoms with Crippen LogP contribution < -0.4 is 20.1 Å². The van der Waals surface area contributed by atoms with Gasteiger partial charge in [-0.2, -0.15) is 0 Å². The van der Waals surface area contributed by atoms with Gasteiger partial charge in [0.05, 0.1) is 0 Å². The molecule has 158 valence electrons. The number of nitrogens with one attached hydrogen (secondary N) is 2. The summed E-state index contributed by atoms with van der Waals surface area (Å²) >= 11 is 0. The lowest BCUT2D eigenvalue weighted by Gasteiger charge is -2.37. The fraction of sp³-hybridized carbons (Fsp3) is 0.636. The third kappa shape index (κ3) is 4.77. The van der Waals surface area contributed by atoms with Crippen molar-refractivity contribution in [1.29, 1.82) is 0 Å². The molecule has 0 unspecified atom stereocenters. The van der Waals surface area contributed by atoms with E-state index in [1.807, 2.05) is 36.1 Å². The van der Waals surface area contributed by atoms with Crippen LogP contribution in [0.1, 0.15) is 51.9 Å². The number of carbonyl (C=O) groups is 2. The Kier molecular flexibility index (Phi) is 6.11. The van der Waals surface area contributed by atoms with Crippen LogP contribution >= 0.6 is 0 Å². The molecule has 7 nitrogen and oxygen atoms in total. The molecule has 0 spiro atoms. The standard InChI is InChI=1S/C22H31N3O4/c1-15-20(29-19-10-6-5-9-18(19)28-15)21(26)25-13-11-17(12-14-25)24-22(27)23-16-7-3-2-4-8-16/h5-6,9-10,15-17,20H,2-4,7-8,11-14H2,1H3,(H2,23,24,27)/t15-,20-/m0/s1. The highest BCUT2D eigenvalue weighted by atomic mass is 16.6. The van der Waals surface area contributed by atoms with Gasteiger partial charge in [-0.3, -0.25) is 4.79 Å². The maximum atomic E-state index is 13.0. The van der Waals surface area contributed by atoms with Gasteiger partial charge in [0.2, 0.25) is 6.10 Å². The second-order valence-corrected chi connectivity index (χ2v) is 8.36. The smallest absolute Gasteiger partial charge is 0.315 e. The number of amides is 3. The molecule has 1 saturated carbocycles. The molecular weight excluding hydrogens is 370 g/mol. The Bertz CT molecular complexity index is 727. The number of benzene rings is 1. The zero-order valence-electron chi connectivity index (χ0n) is 17.1. The molecule has 2 fully saturated rings.